The Kier molecular flexibility index (Phi) is 5.26. The van der Waals surface area contributed by atoms with E-state index in [1.165, 1.54) is 0 Å². The third kappa shape index (κ3) is 3.84. The van der Waals surface area contributed by atoms with Crippen LogP contribution in [0.5, 0.6) is 0 Å². The molecule has 0 unspecified atom stereocenters. The fourth-order valence-electron chi connectivity index (χ4n) is 4.06. The first-order valence-electron chi connectivity index (χ1n) is 9.84. The SMILES string of the molecule is CCCN1C(=O)[C@@H]2C[C@H](NC(=O)c3ccc4ccccc4n3)CN2CCS1(=O)=O. The van der Waals surface area contributed by atoms with Gasteiger partial charge in [0.05, 0.1) is 17.3 Å². The lowest BCUT2D eigenvalue weighted by Gasteiger charge is -2.23. The normalized spacial score (nSPS) is 24.3. The Hall–Kier alpha value is -2.52. The monoisotopic (exact) mass is 416 g/mol. The summed E-state index contributed by atoms with van der Waals surface area (Å²) in [7, 11) is -3.57. The number of para-hydroxylation sites is 1. The number of amides is 2. The second-order valence-corrected chi connectivity index (χ2v) is 9.55. The molecule has 0 saturated carbocycles. The quantitative estimate of drug-likeness (QED) is 0.798. The molecule has 3 heterocycles. The maximum atomic E-state index is 12.9. The number of rotatable bonds is 4. The number of nitrogens with zero attached hydrogens (tertiary/aromatic N) is 3. The maximum Gasteiger partial charge on any atom is 0.270 e. The highest BCUT2D eigenvalue weighted by Crippen LogP contribution is 2.25. The number of hydrogen-bond donors (Lipinski definition) is 1. The number of carbonyl (C=O) groups excluding carboxylic acids is 2. The average molecular weight is 417 g/mol. The van der Waals surface area contributed by atoms with Gasteiger partial charge in [-0.05, 0) is 25.0 Å². The van der Waals surface area contributed by atoms with Gasteiger partial charge in [-0.1, -0.05) is 31.2 Å². The van der Waals surface area contributed by atoms with Gasteiger partial charge in [-0.25, -0.2) is 17.7 Å². The number of benzene rings is 1. The third-order valence-electron chi connectivity index (χ3n) is 5.50. The van der Waals surface area contributed by atoms with Crippen molar-refractivity contribution in [3.05, 3.63) is 42.1 Å². The molecule has 2 fully saturated rings. The van der Waals surface area contributed by atoms with Gasteiger partial charge in [0.25, 0.3) is 11.8 Å². The number of fused-ring (bicyclic) bond motifs is 2. The molecule has 2 saturated heterocycles. The maximum absolute atomic E-state index is 12.9. The molecule has 0 radical (unpaired) electrons. The van der Waals surface area contributed by atoms with E-state index in [0.29, 0.717) is 31.6 Å². The first-order chi connectivity index (χ1) is 13.9. The van der Waals surface area contributed by atoms with E-state index < -0.39 is 16.1 Å². The predicted octanol–water partition coefficient (Wildman–Crippen LogP) is 0.990. The van der Waals surface area contributed by atoms with E-state index in [1.807, 2.05) is 42.2 Å². The van der Waals surface area contributed by atoms with Crippen LogP contribution in [-0.2, 0) is 14.8 Å². The molecule has 0 spiro atoms. The summed E-state index contributed by atoms with van der Waals surface area (Å²) >= 11 is 0. The Balaban J connectivity index is 1.48. The molecular weight excluding hydrogens is 392 g/mol. The molecule has 4 rings (SSSR count). The van der Waals surface area contributed by atoms with Crippen molar-refractivity contribution in [1.29, 1.82) is 0 Å². The van der Waals surface area contributed by atoms with Crippen LogP contribution in [0.25, 0.3) is 10.9 Å². The molecule has 0 aliphatic carbocycles. The van der Waals surface area contributed by atoms with E-state index in [-0.39, 0.29) is 30.2 Å². The minimum absolute atomic E-state index is 0.0812. The van der Waals surface area contributed by atoms with Crippen LogP contribution >= 0.6 is 0 Å². The van der Waals surface area contributed by atoms with E-state index in [0.717, 1.165) is 15.2 Å². The molecular formula is C20H24N4O4S. The van der Waals surface area contributed by atoms with Crippen LogP contribution in [0.2, 0.25) is 0 Å². The van der Waals surface area contributed by atoms with Gasteiger partial charge in [-0.15, -0.1) is 0 Å². The minimum Gasteiger partial charge on any atom is -0.347 e. The molecule has 0 bridgehead atoms. The van der Waals surface area contributed by atoms with Gasteiger partial charge in [0.2, 0.25) is 10.0 Å². The average Bonchev–Trinajstić information content (AvgIpc) is 3.09. The zero-order valence-corrected chi connectivity index (χ0v) is 17.1. The molecule has 29 heavy (non-hydrogen) atoms. The van der Waals surface area contributed by atoms with E-state index in [9.17, 15) is 18.0 Å². The Morgan fingerprint density at radius 1 is 1.24 bits per heavy atom. The standard InChI is InChI=1S/C20H24N4O4S/c1-2-9-24-20(26)18-12-15(13-23(18)10-11-29(24,27)28)21-19(25)17-8-7-14-5-3-4-6-16(14)22-17/h3-8,15,18H,2,9-13H2,1H3,(H,21,25)/t15-,18-/m0/s1. The summed E-state index contributed by atoms with van der Waals surface area (Å²) in [5.41, 5.74) is 1.07. The van der Waals surface area contributed by atoms with Gasteiger partial charge >= 0.3 is 0 Å². The molecule has 1 N–H and O–H groups in total. The second-order valence-electron chi connectivity index (χ2n) is 7.53. The zero-order valence-electron chi connectivity index (χ0n) is 16.2. The number of aromatic nitrogens is 1. The van der Waals surface area contributed by atoms with E-state index in [1.54, 1.807) is 6.07 Å². The van der Waals surface area contributed by atoms with E-state index in [4.69, 9.17) is 0 Å². The first-order valence-corrected chi connectivity index (χ1v) is 11.4. The summed E-state index contributed by atoms with van der Waals surface area (Å²) in [5.74, 6) is -0.754. The van der Waals surface area contributed by atoms with Crippen molar-refractivity contribution >= 4 is 32.7 Å². The number of pyridine rings is 1. The van der Waals surface area contributed by atoms with Crippen LogP contribution in [0, 0.1) is 0 Å². The summed E-state index contributed by atoms with van der Waals surface area (Å²) < 4.78 is 25.8. The molecule has 2 amide bonds. The predicted molar refractivity (Wildman–Crippen MR) is 109 cm³/mol. The van der Waals surface area contributed by atoms with Crippen molar-refractivity contribution in [3.8, 4) is 0 Å². The van der Waals surface area contributed by atoms with Crippen molar-refractivity contribution in [2.24, 2.45) is 0 Å². The van der Waals surface area contributed by atoms with Gasteiger partial charge in [-0.3, -0.25) is 14.5 Å². The lowest BCUT2D eigenvalue weighted by molar-refractivity contribution is -0.130. The van der Waals surface area contributed by atoms with Gasteiger partial charge in [0.15, 0.2) is 0 Å². The molecule has 1 aromatic heterocycles. The zero-order chi connectivity index (χ0) is 20.6. The molecule has 154 valence electrons. The molecule has 2 aliphatic rings. The molecule has 1 aromatic carbocycles. The van der Waals surface area contributed by atoms with Crippen LogP contribution in [0.4, 0.5) is 0 Å². The Bertz CT molecular complexity index is 1060. The highest BCUT2D eigenvalue weighted by Gasteiger charge is 2.45. The van der Waals surface area contributed by atoms with Gasteiger partial charge in [0.1, 0.15) is 5.69 Å². The lowest BCUT2D eigenvalue weighted by Crippen LogP contribution is -2.44. The summed E-state index contributed by atoms with van der Waals surface area (Å²) in [6.07, 6.45) is 0.972. The lowest BCUT2D eigenvalue weighted by atomic mass is 10.1. The van der Waals surface area contributed by atoms with Crippen molar-refractivity contribution in [3.63, 3.8) is 0 Å². The Morgan fingerprint density at radius 3 is 2.83 bits per heavy atom. The topological polar surface area (TPSA) is 99.7 Å². The minimum atomic E-state index is -3.57. The molecule has 2 atom stereocenters. The van der Waals surface area contributed by atoms with Crippen LogP contribution < -0.4 is 5.32 Å². The largest absolute Gasteiger partial charge is 0.347 e. The summed E-state index contributed by atoms with van der Waals surface area (Å²) in [4.78, 5) is 31.8. The Labute approximate surface area is 169 Å². The van der Waals surface area contributed by atoms with E-state index >= 15 is 0 Å². The smallest absolute Gasteiger partial charge is 0.270 e. The number of nitrogens with one attached hydrogen (secondary N) is 1. The van der Waals surface area contributed by atoms with Crippen LogP contribution in [0.3, 0.4) is 0 Å². The van der Waals surface area contributed by atoms with Gasteiger partial charge < -0.3 is 5.32 Å². The molecule has 9 heteroatoms. The molecule has 2 aliphatic heterocycles. The van der Waals surface area contributed by atoms with Crippen molar-refractivity contribution in [2.75, 3.05) is 25.4 Å². The number of hydrogen-bond acceptors (Lipinski definition) is 6. The fourth-order valence-corrected chi connectivity index (χ4v) is 5.60. The van der Waals surface area contributed by atoms with Crippen molar-refractivity contribution < 1.29 is 18.0 Å². The number of carbonyl (C=O) groups is 2. The summed E-state index contributed by atoms with van der Waals surface area (Å²) in [6.45, 7) is 2.79. The summed E-state index contributed by atoms with van der Waals surface area (Å²) in [6, 6.07) is 10.4. The van der Waals surface area contributed by atoms with Gasteiger partial charge in [0, 0.05) is 31.1 Å². The first kappa shape index (κ1) is 19.8. The molecule has 8 nitrogen and oxygen atoms in total. The highest BCUT2D eigenvalue weighted by atomic mass is 32.2. The second kappa shape index (κ2) is 7.72. The van der Waals surface area contributed by atoms with E-state index in [2.05, 4.69) is 10.3 Å². The number of sulfonamides is 1. The van der Waals surface area contributed by atoms with Gasteiger partial charge in [-0.2, -0.15) is 0 Å². The Morgan fingerprint density at radius 2 is 2.03 bits per heavy atom. The van der Waals surface area contributed by atoms with Crippen LogP contribution in [-0.4, -0.2) is 71.9 Å². The molecule has 2 aromatic rings. The van der Waals surface area contributed by atoms with Crippen molar-refractivity contribution in [2.45, 2.75) is 31.8 Å². The van der Waals surface area contributed by atoms with Crippen LogP contribution in [0.15, 0.2) is 36.4 Å². The van der Waals surface area contributed by atoms with Crippen molar-refractivity contribution in [1.82, 2.24) is 19.5 Å². The van der Waals surface area contributed by atoms with Crippen LogP contribution in [0.1, 0.15) is 30.3 Å². The highest BCUT2D eigenvalue weighted by molar-refractivity contribution is 7.89. The fraction of sp³-hybridized carbons (Fsp3) is 0.450. The summed E-state index contributed by atoms with van der Waals surface area (Å²) in [5, 5.41) is 3.92. The third-order valence-corrected chi connectivity index (χ3v) is 7.23.